The molecular formula is C24H18Cl2F4N2O3S. The van der Waals surface area contributed by atoms with Crippen molar-refractivity contribution in [2.45, 2.75) is 17.0 Å². The van der Waals surface area contributed by atoms with Crippen molar-refractivity contribution in [1.82, 2.24) is 9.97 Å². The number of benzene rings is 3. The van der Waals surface area contributed by atoms with Gasteiger partial charge in [-0.15, -0.1) is 0 Å². The molecule has 12 heteroatoms. The summed E-state index contributed by atoms with van der Waals surface area (Å²) in [5, 5.41) is 9.92. The number of alkyl halides is 4. The lowest BCUT2D eigenvalue weighted by Gasteiger charge is -2.15. The number of rotatable bonds is 7. The van der Waals surface area contributed by atoms with Gasteiger partial charge < -0.3 is 10.1 Å². The summed E-state index contributed by atoms with van der Waals surface area (Å²) in [7, 11) is -3.77. The van der Waals surface area contributed by atoms with E-state index in [1.807, 2.05) is 0 Å². The summed E-state index contributed by atoms with van der Waals surface area (Å²) in [6.07, 6.45) is -4.64. The molecule has 2 N–H and O–H groups in total. The average molecular weight is 561 g/mol. The Bertz CT molecular complexity index is 1520. The minimum Gasteiger partial charge on any atom is -0.395 e. The van der Waals surface area contributed by atoms with Crippen molar-refractivity contribution in [2.75, 3.05) is 19.0 Å². The molecule has 4 aromatic rings. The second kappa shape index (κ2) is 10.0. The highest BCUT2D eigenvalue weighted by atomic mass is 35.5. The SMILES string of the molecule is O=S(=O)(CCF)c1ccc(C(CO)c2nc3c(Cl)c(-c4ccccc4C(F)(F)F)c(Cl)cc3[nH]2)cc1. The molecule has 3 aromatic carbocycles. The van der Waals surface area contributed by atoms with E-state index in [-0.39, 0.29) is 37.4 Å². The van der Waals surface area contributed by atoms with Crippen molar-refractivity contribution in [3.8, 4) is 11.1 Å². The average Bonchev–Trinajstić information content (AvgIpc) is 3.23. The third-order valence-corrected chi connectivity index (χ3v) is 8.04. The van der Waals surface area contributed by atoms with Gasteiger partial charge in [0.05, 0.1) is 44.3 Å². The molecule has 0 saturated carbocycles. The van der Waals surface area contributed by atoms with Crippen LogP contribution in [-0.4, -0.2) is 42.5 Å². The Labute approximate surface area is 213 Å². The quantitative estimate of drug-likeness (QED) is 0.255. The number of fused-ring (bicyclic) bond motifs is 1. The first kappa shape index (κ1) is 26.4. The zero-order chi connectivity index (χ0) is 26.3. The molecule has 0 aliphatic carbocycles. The molecule has 1 aromatic heterocycles. The number of nitrogens with zero attached hydrogens (tertiary/aromatic N) is 1. The van der Waals surface area contributed by atoms with Gasteiger partial charge in [0.15, 0.2) is 9.84 Å². The van der Waals surface area contributed by atoms with Crippen molar-refractivity contribution in [3.63, 3.8) is 0 Å². The maximum absolute atomic E-state index is 13.6. The fourth-order valence-corrected chi connectivity index (χ4v) is 5.63. The number of halogens is 6. The largest absolute Gasteiger partial charge is 0.417 e. The lowest BCUT2D eigenvalue weighted by Crippen LogP contribution is -2.10. The molecule has 0 aliphatic rings. The number of imidazole rings is 1. The van der Waals surface area contributed by atoms with Crippen LogP contribution in [0.2, 0.25) is 10.0 Å². The molecule has 0 radical (unpaired) electrons. The summed E-state index contributed by atoms with van der Waals surface area (Å²) in [6.45, 7) is -1.44. The van der Waals surface area contributed by atoms with Gasteiger partial charge in [-0.1, -0.05) is 53.5 Å². The fraction of sp³-hybridized carbons (Fsp3) is 0.208. The summed E-state index contributed by atoms with van der Waals surface area (Å²) in [4.78, 5) is 7.35. The van der Waals surface area contributed by atoms with Crippen LogP contribution in [0.5, 0.6) is 0 Å². The molecular weight excluding hydrogens is 543 g/mol. The van der Waals surface area contributed by atoms with Crippen LogP contribution in [0.15, 0.2) is 59.5 Å². The Kier molecular flexibility index (Phi) is 7.34. The Balaban J connectivity index is 1.79. The lowest BCUT2D eigenvalue weighted by atomic mass is 9.98. The number of hydrogen-bond acceptors (Lipinski definition) is 4. The van der Waals surface area contributed by atoms with Crippen LogP contribution in [0, 0.1) is 0 Å². The summed E-state index contributed by atoms with van der Waals surface area (Å²) in [5.41, 5.74) is -0.131. The van der Waals surface area contributed by atoms with E-state index in [2.05, 4.69) is 9.97 Å². The highest BCUT2D eigenvalue weighted by Crippen LogP contribution is 2.45. The van der Waals surface area contributed by atoms with Crippen LogP contribution < -0.4 is 0 Å². The Morgan fingerprint density at radius 3 is 2.33 bits per heavy atom. The highest BCUT2D eigenvalue weighted by molar-refractivity contribution is 7.91. The number of nitrogens with one attached hydrogen (secondary N) is 1. The number of aliphatic hydroxyl groups excluding tert-OH is 1. The van der Waals surface area contributed by atoms with Gasteiger partial charge in [-0.2, -0.15) is 13.2 Å². The van der Waals surface area contributed by atoms with Crippen LogP contribution in [0.25, 0.3) is 22.2 Å². The molecule has 0 fully saturated rings. The Morgan fingerprint density at radius 1 is 1.06 bits per heavy atom. The number of aromatic nitrogens is 2. The van der Waals surface area contributed by atoms with Gasteiger partial charge in [0.1, 0.15) is 18.0 Å². The second-order valence-electron chi connectivity index (χ2n) is 7.92. The van der Waals surface area contributed by atoms with E-state index < -0.39 is 46.5 Å². The Morgan fingerprint density at radius 2 is 1.72 bits per heavy atom. The third-order valence-electron chi connectivity index (χ3n) is 5.69. The van der Waals surface area contributed by atoms with Gasteiger partial charge in [-0.3, -0.25) is 0 Å². The fourth-order valence-electron chi connectivity index (χ4n) is 3.94. The van der Waals surface area contributed by atoms with Gasteiger partial charge >= 0.3 is 6.18 Å². The van der Waals surface area contributed by atoms with Crippen LogP contribution in [0.1, 0.15) is 22.9 Å². The smallest absolute Gasteiger partial charge is 0.395 e. The topological polar surface area (TPSA) is 83.1 Å². The van der Waals surface area contributed by atoms with E-state index in [0.717, 1.165) is 6.07 Å². The molecule has 36 heavy (non-hydrogen) atoms. The van der Waals surface area contributed by atoms with Crippen LogP contribution >= 0.6 is 23.2 Å². The minimum absolute atomic E-state index is 0.0256. The molecule has 1 heterocycles. The molecule has 1 atom stereocenters. The number of sulfone groups is 1. The maximum Gasteiger partial charge on any atom is 0.417 e. The molecule has 0 spiro atoms. The number of hydrogen-bond donors (Lipinski definition) is 2. The predicted octanol–water partition coefficient (Wildman–Crippen LogP) is 6.42. The third kappa shape index (κ3) is 4.95. The molecule has 0 saturated heterocycles. The Hall–Kier alpha value is -2.66. The molecule has 5 nitrogen and oxygen atoms in total. The normalized spacial score (nSPS) is 13.3. The van der Waals surface area contributed by atoms with Gasteiger partial charge in [0, 0.05) is 5.56 Å². The first-order valence-corrected chi connectivity index (χ1v) is 12.9. The standard InChI is InChI=1S/C24H18Cl2F4N2O3S/c25-18-11-19-22(21(26)20(18)15-3-1-2-4-17(15)24(28,29)30)32-23(31-19)16(12-33)13-5-7-14(8-6-13)36(34,35)10-9-27/h1-8,11,16,33H,9-10,12H2,(H,31,32). The molecule has 1 unspecified atom stereocenters. The monoisotopic (exact) mass is 560 g/mol. The molecule has 4 rings (SSSR count). The summed E-state index contributed by atoms with van der Waals surface area (Å²) < 4.78 is 77.5. The maximum atomic E-state index is 13.6. The van der Waals surface area contributed by atoms with Crippen LogP contribution in [0.3, 0.4) is 0 Å². The summed E-state index contributed by atoms with van der Waals surface area (Å²) in [6, 6.07) is 11.9. The minimum atomic E-state index is -4.64. The molecule has 0 bridgehead atoms. The van der Waals surface area contributed by atoms with Gasteiger partial charge in [-0.05, 0) is 35.4 Å². The van der Waals surface area contributed by atoms with Crippen molar-refractivity contribution in [1.29, 1.82) is 0 Å². The lowest BCUT2D eigenvalue weighted by molar-refractivity contribution is -0.137. The highest BCUT2D eigenvalue weighted by Gasteiger charge is 2.34. The number of aliphatic hydroxyl groups is 1. The molecule has 0 aliphatic heterocycles. The number of H-pyrrole nitrogens is 1. The van der Waals surface area contributed by atoms with Crippen LogP contribution in [0.4, 0.5) is 17.6 Å². The molecule has 190 valence electrons. The van der Waals surface area contributed by atoms with E-state index in [4.69, 9.17) is 23.2 Å². The van der Waals surface area contributed by atoms with E-state index in [1.165, 1.54) is 48.5 Å². The van der Waals surface area contributed by atoms with E-state index in [9.17, 15) is 31.1 Å². The van der Waals surface area contributed by atoms with Crippen LogP contribution in [-0.2, 0) is 16.0 Å². The van der Waals surface area contributed by atoms with Crippen molar-refractivity contribution >= 4 is 44.1 Å². The van der Waals surface area contributed by atoms with E-state index >= 15 is 0 Å². The summed E-state index contributed by atoms with van der Waals surface area (Å²) >= 11 is 12.9. The van der Waals surface area contributed by atoms with Gasteiger partial charge in [-0.25, -0.2) is 17.8 Å². The zero-order valence-corrected chi connectivity index (χ0v) is 20.6. The van der Waals surface area contributed by atoms with Gasteiger partial charge in [0.2, 0.25) is 0 Å². The van der Waals surface area contributed by atoms with Crippen molar-refractivity contribution in [3.05, 3.63) is 81.6 Å². The van der Waals surface area contributed by atoms with E-state index in [0.29, 0.717) is 11.1 Å². The first-order valence-electron chi connectivity index (χ1n) is 10.5. The van der Waals surface area contributed by atoms with Crippen molar-refractivity contribution in [2.24, 2.45) is 0 Å². The van der Waals surface area contributed by atoms with Gasteiger partial charge in [0.25, 0.3) is 0 Å². The second-order valence-corrected chi connectivity index (χ2v) is 10.8. The first-order chi connectivity index (χ1) is 17.0. The number of aromatic amines is 1. The zero-order valence-electron chi connectivity index (χ0n) is 18.3. The summed E-state index contributed by atoms with van der Waals surface area (Å²) in [5.74, 6) is -1.14. The predicted molar refractivity (Wildman–Crippen MR) is 130 cm³/mol. The van der Waals surface area contributed by atoms with E-state index in [1.54, 1.807) is 0 Å². The van der Waals surface area contributed by atoms with Crippen molar-refractivity contribution < 1.29 is 31.1 Å². The molecule has 0 amide bonds.